The topological polar surface area (TPSA) is 69.0 Å². The van der Waals surface area contributed by atoms with E-state index in [1.807, 2.05) is 12.1 Å². The molecule has 0 fully saturated rings. The van der Waals surface area contributed by atoms with Gasteiger partial charge in [0.25, 0.3) is 5.56 Å². The van der Waals surface area contributed by atoms with Gasteiger partial charge in [0.15, 0.2) is 0 Å². The maximum absolute atomic E-state index is 11.8. The predicted octanol–water partition coefficient (Wildman–Crippen LogP) is 1.52. The van der Waals surface area contributed by atoms with E-state index >= 15 is 0 Å². The van der Waals surface area contributed by atoms with Crippen molar-refractivity contribution in [1.82, 2.24) is 14.8 Å². The molecular formula is C14H18N4O2. The van der Waals surface area contributed by atoms with Crippen LogP contribution in [-0.4, -0.2) is 28.4 Å². The van der Waals surface area contributed by atoms with E-state index in [4.69, 9.17) is 4.74 Å². The van der Waals surface area contributed by atoms with Crippen LogP contribution in [-0.2, 0) is 6.54 Å². The number of nitrogens with zero attached hydrogens (tertiary/aromatic N) is 3. The molecule has 6 nitrogen and oxygen atoms in total. The largest absolute Gasteiger partial charge is 0.480 e. The molecule has 0 aromatic carbocycles. The van der Waals surface area contributed by atoms with Crippen LogP contribution >= 0.6 is 0 Å². The van der Waals surface area contributed by atoms with Crippen molar-refractivity contribution in [3.05, 3.63) is 46.4 Å². The lowest BCUT2D eigenvalue weighted by Crippen LogP contribution is -2.23. The highest BCUT2D eigenvalue weighted by Gasteiger charge is 2.06. The molecule has 1 N–H and O–H groups in total. The summed E-state index contributed by atoms with van der Waals surface area (Å²) in [6, 6.07) is 6.77. The molecule has 0 radical (unpaired) electrons. The Morgan fingerprint density at radius 3 is 2.95 bits per heavy atom. The number of methoxy groups -OCH3 is 1. The third kappa shape index (κ3) is 3.34. The van der Waals surface area contributed by atoms with Crippen LogP contribution in [0.1, 0.15) is 18.9 Å². The number of ether oxygens (including phenoxy) is 1. The van der Waals surface area contributed by atoms with Crippen LogP contribution in [0.25, 0.3) is 0 Å². The lowest BCUT2D eigenvalue weighted by atomic mass is 10.2. The van der Waals surface area contributed by atoms with Gasteiger partial charge in [0.1, 0.15) is 5.82 Å². The minimum atomic E-state index is -0.170. The van der Waals surface area contributed by atoms with Gasteiger partial charge in [-0.2, -0.15) is 0 Å². The molecule has 0 aliphatic carbocycles. The molecule has 2 aromatic heterocycles. The number of hydrogen-bond donors (Lipinski definition) is 1. The van der Waals surface area contributed by atoms with Crippen molar-refractivity contribution in [2.45, 2.75) is 19.9 Å². The summed E-state index contributed by atoms with van der Waals surface area (Å²) in [6.45, 7) is 3.28. The van der Waals surface area contributed by atoms with Crippen molar-refractivity contribution in [1.29, 1.82) is 0 Å². The molecule has 0 spiro atoms. The average Bonchev–Trinajstić information content (AvgIpc) is 2.48. The highest BCUT2D eigenvalue weighted by molar-refractivity contribution is 5.43. The smallest absolute Gasteiger partial charge is 0.267 e. The summed E-state index contributed by atoms with van der Waals surface area (Å²) in [5, 5.41) is 7.38. The fourth-order valence-corrected chi connectivity index (χ4v) is 1.78. The van der Waals surface area contributed by atoms with Crippen LogP contribution < -0.4 is 15.6 Å². The van der Waals surface area contributed by atoms with Crippen molar-refractivity contribution in [3.8, 4) is 5.88 Å². The van der Waals surface area contributed by atoms with Gasteiger partial charge in [0, 0.05) is 30.4 Å². The van der Waals surface area contributed by atoms with Crippen LogP contribution in [0.3, 0.4) is 0 Å². The maximum Gasteiger partial charge on any atom is 0.267 e. The molecule has 0 aliphatic rings. The third-order valence-electron chi connectivity index (χ3n) is 2.81. The summed E-state index contributed by atoms with van der Waals surface area (Å²) in [6.07, 6.45) is 2.73. The van der Waals surface area contributed by atoms with Crippen LogP contribution in [0, 0.1) is 0 Å². The minimum absolute atomic E-state index is 0.170. The molecule has 0 amide bonds. The average molecular weight is 274 g/mol. The zero-order chi connectivity index (χ0) is 14.4. The van der Waals surface area contributed by atoms with Crippen LogP contribution in [0.15, 0.2) is 35.3 Å². The van der Waals surface area contributed by atoms with Crippen LogP contribution in [0.4, 0.5) is 5.82 Å². The quantitative estimate of drug-likeness (QED) is 0.865. The van der Waals surface area contributed by atoms with E-state index in [2.05, 4.69) is 22.3 Å². The van der Waals surface area contributed by atoms with Crippen molar-refractivity contribution in [2.75, 3.05) is 19.0 Å². The van der Waals surface area contributed by atoms with Crippen LogP contribution in [0.2, 0.25) is 0 Å². The monoisotopic (exact) mass is 274 g/mol. The van der Waals surface area contributed by atoms with Gasteiger partial charge in [-0.3, -0.25) is 4.79 Å². The molecule has 0 bridgehead atoms. The second kappa shape index (κ2) is 6.70. The van der Waals surface area contributed by atoms with Crippen molar-refractivity contribution in [3.63, 3.8) is 0 Å². The summed E-state index contributed by atoms with van der Waals surface area (Å²) in [4.78, 5) is 16.1. The number of aromatic nitrogens is 3. The Hall–Kier alpha value is -2.37. The molecule has 106 valence electrons. The maximum atomic E-state index is 11.8. The third-order valence-corrected chi connectivity index (χ3v) is 2.81. The van der Waals surface area contributed by atoms with Gasteiger partial charge in [-0.15, -0.1) is 5.10 Å². The van der Waals surface area contributed by atoms with Gasteiger partial charge in [-0.1, -0.05) is 13.0 Å². The highest BCUT2D eigenvalue weighted by atomic mass is 16.5. The zero-order valence-electron chi connectivity index (χ0n) is 11.7. The van der Waals surface area contributed by atoms with Crippen molar-refractivity contribution in [2.24, 2.45) is 0 Å². The van der Waals surface area contributed by atoms with Gasteiger partial charge >= 0.3 is 0 Å². The molecule has 0 atom stereocenters. The molecule has 20 heavy (non-hydrogen) atoms. The highest BCUT2D eigenvalue weighted by Crippen LogP contribution is 2.12. The second-order valence-corrected chi connectivity index (χ2v) is 4.31. The van der Waals surface area contributed by atoms with Gasteiger partial charge in [0.05, 0.1) is 13.7 Å². The van der Waals surface area contributed by atoms with Gasteiger partial charge in [-0.25, -0.2) is 9.67 Å². The number of hydrogen-bond acceptors (Lipinski definition) is 5. The van der Waals surface area contributed by atoms with E-state index in [9.17, 15) is 4.79 Å². The number of anilines is 1. The lowest BCUT2D eigenvalue weighted by molar-refractivity contribution is 0.379. The van der Waals surface area contributed by atoms with Crippen molar-refractivity contribution < 1.29 is 4.74 Å². The number of pyridine rings is 1. The Kier molecular flexibility index (Phi) is 4.70. The summed E-state index contributed by atoms with van der Waals surface area (Å²) < 4.78 is 6.41. The SMILES string of the molecule is CCCNc1ncccc1Cn1nc(OC)ccc1=O. The molecule has 0 saturated carbocycles. The van der Waals surface area contributed by atoms with E-state index in [-0.39, 0.29) is 5.56 Å². The Morgan fingerprint density at radius 1 is 1.35 bits per heavy atom. The van der Waals surface area contributed by atoms with E-state index in [0.29, 0.717) is 12.4 Å². The first-order valence-electron chi connectivity index (χ1n) is 6.54. The Bertz CT molecular complexity index is 625. The molecule has 2 heterocycles. The Morgan fingerprint density at radius 2 is 2.20 bits per heavy atom. The Labute approximate surface area is 117 Å². The molecule has 2 aromatic rings. The van der Waals surface area contributed by atoms with Gasteiger partial charge in [0.2, 0.25) is 5.88 Å². The molecular weight excluding hydrogens is 256 g/mol. The van der Waals surface area contributed by atoms with Gasteiger partial charge < -0.3 is 10.1 Å². The summed E-state index contributed by atoms with van der Waals surface area (Å²) in [5.41, 5.74) is 0.750. The fourth-order valence-electron chi connectivity index (χ4n) is 1.78. The lowest BCUT2D eigenvalue weighted by Gasteiger charge is -2.11. The fraction of sp³-hybridized carbons (Fsp3) is 0.357. The van der Waals surface area contributed by atoms with E-state index in [1.165, 1.54) is 17.9 Å². The summed E-state index contributed by atoms with van der Waals surface area (Å²) >= 11 is 0. The van der Waals surface area contributed by atoms with Gasteiger partial charge in [-0.05, 0) is 12.5 Å². The summed E-state index contributed by atoms with van der Waals surface area (Å²) in [7, 11) is 1.52. The molecule has 0 aliphatic heterocycles. The molecule has 0 unspecified atom stereocenters. The molecule has 6 heteroatoms. The first kappa shape index (κ1) is 14.0. The first-order valence-corrected chi connectivity index (χ1v) is 6.54. The molecule has 2 rings (SSSR count). The van der Waals surface area contributed by atoms with E-state index in [1.54, 1.807) is 12.3 Å². The molecule has 0 saturated heterocycles. The zero-order valence-corrected chi connectivity index (χ0v) is 11.7. The van der Waals surface area contributed by atoms with E-state index in [0.717, 1.165) is 24.3 Å². The Balaban J connectivity index is 2.27. The van der Waals surface area contributed by atoms with Crippen molar-refractivity contribution >= 4 is 5.82 Å². The van der Waals surface area contributed by atoms with E-state index < -0.39 is 0 Å². The summed E-state index contributed by atoms with van der Waals surface area (Å²) in [5.74, 6) is 1.20. The second-order valence-electron chi connectivity index (χ2n) is 4.31. The normalized spacial score (nSPS) is 10.3. The van der Waals surface area contributed by atoms with Crippen LogP contribution in [0.5, 0.6) is 5.88 Å². The minimum Gasteiger partial charge on any atom is -0.480 e. The standard InChI is InChI=1S/C14H18N4O2/c1-3-8-15-14-11(5-4-9-16-14)10-18-13(19)7-6-12(17-18)20-2/h4-7,9H,3,8,10H2,1-2H3,(H,15,16). The number of nitrogens with one attached hydrogen (secondary N) is 1. The predicted molar refractivity (Wildman–Crippen MR) is 77.2 cm³/mol. The number of rotatable bonds is 6. The first-order chi connectivity index (χ1) is 9.74.